The Labute approximate surface area is 105 Å². The second-order valence-electron chi connectivity index (χ2n) is 3.59. The Morgan fingerprint density at radius 2 is 1.95 bits per heavy atom. The zero-order chi connectivity index (χ0) is 14.0. The third kappa shape index (κ3) is 2.87. The number of aromatic nitrogens is 4. The van der Waals surface area contributed by atoms with Crippen LogP contribution in [0, 0.1) is 0 Å². The average molecular weight is 271 g/mol. The van der Waals surface area contributed by atoms with Gasteiger partial charge in [-0.15, -0.1) is 0 Å². The van der Waals surface area contributed by atoms with E-state index in [1.807, 2.05) is 0 Å². The molecule has 2 rings (SSSR count). The smallest absolute Gasteiger partial charge is 0.290 e. The van der Waals surface area contributed by atoms with Crippen LogP contribution in [0.3, 0.4) is 0 Å². The predicted octanol–water partition coefficient (Wildman–Crippen LogP) is 1.48. The molecular formula is C10H8F3N5O. The molecule has 2 aromatic heterocycles. The van der Waals surface area contributed by atoms with Crippen molar-refractivity contribution in [2.24, 2.45) is 7.05 Å². The number of hydrogen-bond donors (Lipinski definition) is 1. The topological polar surface area (TPSA) is 72.7 Å². The lowest BCUT2D eigenvalue weighted by Gasteiger charge is -2.05. The molecule has 0 aliphatic rings. The van der Waals surface area contributed by atoms with Crippen LogP contribution < -0.4 is 5.32 Å². The number of anilines is 1. The summed E-state index contributed by atoms with van der Waals surface area (Å²) in [7, 11) is 1.30. The van der Waals surface area contributed by atoms with E-state index in [9.17, 15) is 18.0 Å². The van der Waals surface area contributed by atoms with Gasteiger partial charge in [0, 0.05) is 25.6 Å². The summed E-state index contributed by atoms with van der Waals surface area (Å²) in [6.07, 6.45) is -1.00. The number of halogens is 3. The standard InChI is InChI=1S/C10H8F3N5O/c1-18-5-6(7(17-18)10(11,12)13)8(19)16-9-14-3-2-4-15-9/h2-5H,1H3,(H,14,15,16,19). The van der Waals surface area contributed by atoms with E-state index >= 15 is 0 Å². The first-order valence-corrected chi connectivity index (χ1v) is 5.07. The summed E-state index contributed by atoms with van der Waals surface area (Å²) < 4.78 is 38.9. The molecule has 2 heterocycles. The van der Waals surface area contributed by atoms with Gasteiger partial charge in [0.2, 0.25) is 5.95 Å². The molecule has 19 heavy (non-hydrogen) atoms. The summed E-state index contributed by atoms with van der Waals surface area (Å²) in [6, 6.07) is 1.51. The van der Waals surface area contributed by atoms with Gasteiger partial charge in [-0.05, 0) is 6.07 Å². The highest BCUT2D eigenvalue weighted by Crippen LogP contribution is 2.30. The van der Waals surface area contributed by atoms with Crippen LogP contribution in [0.1, 0.15) is 16.1 Å². The Kier molecular flexibility index (Phi) is 3.19. The number of rotatable bonds is 2. The number of nitrogens with zero attached hydrogens (tertiary/aromatic N) is 4. The van der Waals surface area contributed by atoms with E-state index in [4.69, 9.17) is 0 Å². The maximum atomic E-state index is 12.7. The normalized spacial score (nSPS) is 11.4. The van der Waals surface area contributed by atoms with Gasteiger partial charge >= 0.3 is 6.18 Å². The lowest BCUT2D eigenvalue weighted by atomic mass is 10.2. The summed E-state index contributed by atoms with van der Waals surface area (Å²) in [4.78, 5) is 19.1. The maximum Gasteiger partial charge on any atom is 0.435 e. The van der Waals surface area contributed by atoms with E-state index in [0.717, 1.165) is 10.9 Å². The van der Waals surface area contributed by atoms with Crippen LogP contribution in [-0.4, -0.2) is 25.7 Å². The first-order chi connectivity index (χ1) is 8.88. The number of aryl methyl sites for hydroxylation is 1. The first kappa shape index (κ1) is 13.0. The highest BCUT2D eigenvalue weighted by atomic mass is 19.4. The molecule has 100 valence electrons. The van der Waals surface area contributed by atoms with Crippen LogP contribution >= 0.6 is 0 Å². The van der Waals surface area contributed by atoms with Crippen LogP contribution in [0.2, 0.25) is 0 Å². The Morgan fingerprint density at radius 3 is 2.53 bits per heavy atom. The van der Waals surface area contributed by atoms with Crippen molar-refractivity contribution >= 4 is 11.9 Å². The van der Waals surface area contributed by atoms with Crippen molar-refractivity contribution in [3.8, 4) is 0 Å². The molecule has 0 radical (unpaired) electrons. The number of nitrogens with one attached hydrogen (secondary N) is 1. The highest BCUT2D eigenvalue weighted by Gasteiger charge is 2.39. The monoisotopic (exact) mass is 271 g/mol. The molecule has 1 N–H and O–H groups in total. The predicted molar refractivity (Wildman–Crippen MR) is 58.2 cm³/mol. The largest absolute Gasteiger partial charge is 0.435 e. The van der Waals surface area contributed by atoms with E-state index < -0.39 is 23.3 Å². The summed E-state index contributed by atoms with van der Waals surface area (Å²) in [5.41, 5.74) is -1.83. The van der Waals surface area contributed by atoms with Crippen molar-refractivity contribution in [1.29, 1.82) is 0 Å². The van der Waals surface area contributed by atoms with E-state index in [0.29, 0.717) is 0 Å². The van der Waals surface area contributed by atoms with Gasteiger partial charge in [-0.3, -0.25) is 14.8 Å². The minimum Gasteiger partial charge on any atom is -0.290 e. The fourth-order valence-electron chi connectivity index (χ4n) is 1.40. The Hall–Kier alpha value is -2.45. The number of carbonyl (C=O) groups excluding carboxylic acids is 1. The van der Waals surface area contributed by atoms with E-state index in [2.05, 4.69) is 20.4 Å². The minimum absolute atomic E-state index is 0.0792. The molecule has 0 saturated carbocycles. The molecule has 0 unspecified atom stereocenters. The van der Waals surface area contributed by atoms with Gasteiger partial charge in [0.25, 0.3) is 5.91 Å². The zero-order valence-corrected chi connectivity index (χ0v) is 9.64. The quantitative estimate of drug-likeness (QED) is 0.898. The minimum atomic E-state index is -4.70. The molecule has 2 aromatic rings. The van der Waals surface area contributed by atoms with E-state index in [1.54, 1.807) is 0 Å². The van der Waals surface area contributed by atoms with Gasteiger partial charge in [-0.25, -0.2) is 9.97 Å². The first-order valence-electron chi connectivity index (χ1n) is 5.07. The maximum absolute atomic E-state index is 12.7. The van der Waals surface area contributed by atoms with Crippen LogP contribution in [0.25, 0.3) is 0 Å². The van der Waals surface area contributed by atoms with Gasteiger partial charge in [0.05, 0.1) is 5.56 Å². The molecule has 0 bridgehead atoms. The van der Waals surface area contributed by atoms with Crippen LogP contribution in [0.4, 0.5) is 19.1 Å². The van der Waals surface area contributed by atoms with Crippen LogP contribution in [-0.2, 0) is 13.2 Å². The molecule has 0 saturated heterocycles. The Balaban J connectivity index is 2.30. The van der Waals surface area contributed by atoms with Gasteiger partial charge in [0.1, 0.15) is 0 Å². The van der Waals surface area contributed by atoms with Crippen LogP contribution in [0.15, 0.2) is 24.7 Å². The molecule has 1 amide bonds. The van der Waals surface area contributed by atoms with Crippen molar-refractivity contribution in [1.82, 2.24) is 19.7 Å². The highest BCUT2D eigenvalue weighted by molar-refractivity contribution is 6.04. The van der Waals surface area contributed by atoms with Gasteiger partial charge in [0.15, 0.2) is 5.69 Å². The fourth-order valence-corrected chi connectivity index (χ4v) is 1.40. The number of carbonyl (C=O) groups is 1. The van der Waals surface area contributed by atoms with Crippen molar-refractivity contribution in [3.63, 3.8) is 0 Å². The molecule has 0 aromatic carbocycles. The van der Waals surface area contributed by atoms with Crippen molar-refractivity contribution in [3.05, 3.63) is 35.9 Å². The zero-order valence-electron chi connectivity index (χ0n) is 9.64. The molecule has 0 aliphatic carbocycles. The molecule has 0 aliphatic heterocycles. The second-order valence-corrected chi connectivity index (χ2v) is 3.59. The SMILES string of the molecule is Cn1cc(C(=O)Nc2ncccn2)c(C(F)(F)F)n1. The summed E-state index contributed by atoms with van der Waals surface area (Å²) in [6.45, 7) is 0. The molecule has 9 heteroatoms. The summed E-state index contributed by atoms with van der Waals surface area (Å²) in [5, 5.41) is 5.40. The molecular weight excluding hydrogens is 263 g/mol. The van der Waals surface area contributed by atoms with Crippen molar-refractivity contribution in [2.75, 3.05) is 5.32 Å². The summed E-state index contributed by atoms with van der Waals surface area (Å²) in [5.74, 6) is -1.05. The summed E-state index contributed by atoms with van der Waals surface area (Å²) >= 11 is 0. The van der Waals surface area contributed by atoms with Gasteiger partial charge in [-0.2, -0.15) is 18.3 Å². The van der Waals surface area contributed by atoms with Gasteiger partial charge in [-0.1, -0.05) is 0 Å². The Morgan fingerprint density at radius 1 is 1.32 bits per heavy atom. The lowest BCUT2D eigenvalue weighted by molar-refractivity contribution is -0.141. The number of amides is 1. The third-order valence-corrected chi connectivity index (χ3v) is 2.13. The second kappa shape index (κ2) is 4.67. The lowest BCUT2D eigenvalue weighted by Crippen LogP contribution is -2.18. The van der Waals surface area contributed by atoms with E-state index in [1.165, 1.54) is 25.5 Å². The van der Waals surface area contributed by atoms with Crippen molar-refractivity contribution < 1.29 is 18.0 Å². The van der Waals surface area contributed by atoms with E-state index in [-0.39, 0.29) is 5.95 Å². The van der Waals surface area contributed by atoms with Crippen LogP contribution in [0.5, 0.6) is 0 Å². The average Bonchev–Trinajstić information content (AvgIpc) is 2.72. The molecule has 0 atom stereocenters. The molecule has 0 spiro atoms. The Bertz CT molecular complexity index is 593. The molecule has 0 fully saturated rings. The molecule has 6 nitrogen and oxygen atoms in total. The fraction of sp³-hybridized carbons (Fsp3) is 0.200. The van der Waals surface area contributed by atoms with Crippen molar-refractivity contribution in [2.45, 2.75) is 6.18 Å². The number of alkyl halides is 3. The number of hydrogen-bond acceptors (Lipinski definition) is 4. The third-order valence-electron chi connectivity index (χ3n) is 2.13. The van der Waals surface area contributed by atoms with Gasteiger partial charge < -0.3 is 0 Å².